The van der Waals surface area contributed by atoms with E-state index in [1.165, 1.54) is 0 Å². The minimum atomic E-state index is -3.27. The minimum absolute atomic E-state index is 0.0332. The second kappa shape index (κ2) is 14.6. The van der Waals surface area contributed by atoms with Crippen molar-refractivity contribution < 1.29 is 37.9 Å². The fourth-order valence-corrected chi connectivity index (χ4v) is 6.32. The van der Waals surface area contributed by atoms with Crippen LogP contribution in [0.25, 0.3) is 0 Å². The molecule has 2 heterocycles. The molecule has 3 aromatic rings. The van der Waals surface area contributed by atoms with Crippen LogP contribution < -0.4 is 4.74 Å². The number of aryl methyl sites for hydroxylation is 1. The number of aromatic nitrogens is 3. The Labute approximate surface area is 254 Å². The SMILES string of the molecule is COCCOCCn1cc(COOC(=O)C(C)(C)Cc2ccc(C)c(CN3CC(C)Oc4ccccc4S3(O)O)c2)nn1. The highest BCUT2D eigenvalue weighted by Crippen LogP contribution is 2.57. The Balaban J connectivity index is 1.33. The Morgan fingerprint density at radius 1 is 1.16 bits per heavy atom. The van der Waals surface area contributed by atoms with E-state index in [1.807, 2.05) is 38.1 Å². The lowest BCUT2D eigenvalue weighted by Gasteiger charge is -2.42. The van der Waals surface area contributed by atoms with Crippen LogP contribution >= 0.6 is 10.8 Å². The molecule has 0 saturated carbocycles. The molecule has 43 heavy (non-hydrogen) atoms. The van der Waals surface area contributed by atoms with E-state index < -0.39 is 22.2 Å². The fraction of sp³-hybridized carbons (Fsp3) is 0.500. The van der Waals surface area contributed by atoms with Gasteiger partial charge < -0.3 is 14.2 Å². The maximum absolute atomic E-state index is 12.9. The molecule has 2 aromatic carbocycles. The minimum Gasteiger partial charge on any atom is -0.487 e. The molecule has 0 spiro atoms. The van der Waals surface area contributed by atoms with Gasteiger partial charge in [-0.25, -0.2) is 9.48 Å². The van der Waals surface area contributed by atoms with Gasteiger partial charge in [0.05, 0.1) is 44.5 Å². The average Bonchev–Trinajstić information content (AvgIpc) is 3.38. The highest BCUT2D eigenvalue weighted by Gasteiger charge is 2.35. The first-order valence-electron chi connectivity index (χ1n) is 14.2. The number of ether oxygens (including phenoxy) is 3. The van der Waals surface area contributed by atoms with Gasteiger partial charge in [-0.2, -0.15) is 9.19 Å². The number of hydrogen-bond donors (Lipinski definition) is 2. The van der Waals surface area contributed by atoms with Crippen molar-refractivity contribution in [3.63, 3.8) is 0 Å². The van der Waals surface area contributed by atoms with Gasteiger partial charge in [-0.05, 0) is 62.9 Å². The van der Waals surface area contributed by atoms with Crippen LogP contribution in [-0.2, 0) is 50.2 Å². The standard InChI is InChI=1S/C30H42N4O8S/c1-22-10-11-24(16-25(22)19-34-18-23(2)41-27-8-6-7-9-28(27)43(34,36)37)17-30(3,4)29(35)42-40-21-26-20-33(32-31-26)12-13-39-15-14-38-5/h6-11,16,20,23,36-37H,12-15,17-19,21H2,1-5H3. The Kier molecular flexibility index (Phi) is 11.2. The van der Waals surface area contributed by atoms with E-state index in [-0.39, 0.29) is 12.7 Å². The topological polar surface area (TPSA) is 138 Å². The van der Waals surface area contributed by atoms with Crippen LogP contribution in [0.3, 0.4) is 0 Å². The van der Waals surface area contributed by atoms with Gasteiger partial charge in [-0.1, -0.05) is 35.5 Å². The molecular weight excluding hydrogens is 576 g/mol. The fourth-order valence-electron chi connectivity index (χ4n) is 4.66. The van der Waals surface area contributed by atoms with Crippen molar-refractivity contribution in [3.8, 4) is 5.75 Å². The first kappa shape index (κ1) is 32.9. The summed E-state index contributed by atoms with van der Waals surface area (Å²) in [6.07, 6.45) is 1.86. The molecule has 1 aliphatic heterocycles. The lowest BCUT2D eigenvalue weighted by atomic mass is 9.85. The summed E-state index contributed by atoms with van der Waals surface area (Å²) in [4.78, 5) is 23.7. The van der Waals surface area contributed by atoms with Gasteiger partial charge in [0.25, 0.3) is 0 Å². The van der Waals surface area contributed by atoms with E-state index in [0.29, 0.717) is 62.2 Å². The highest BCUT2D eigenvalue weighted by molar-refractivity contribution is 8.22. The van der Waals surface area contributed by atoms with E-state index in [0.717, 1.165) is 16.7 Å². The van der Waals surface area contributed by atoms with Crippen molar-refractivity contribution in [1.29, 1.82) is 0 Å². The van der Waals surface area contributed by atoms with E-state index in [4.69, 9.17) is 24.0 Å². The van der Waals surface area contributed by atoms with Crippen molar-refractivity contribution in [1.82, 2.24) is 19.3 Å². The molecule has 1 aromatic heterocycles. The Bertz CT molecular complexity index is 1370. The maximum atomic E-state index is 12.9. The quantitative estimate of drug-likeness (QED) is 0.146. The van der Waals surface area contributed by atoms with Gasteiger partial charge in [-0.15, -0.1) is 15.9 Å². The average molecular weight is 619 g/mol. The summed E-state index contributed by atoms with van der Waals surface area (Å²) in [5.41, 5.74) is 2.47. The van der Waals surface area contributed by atoms with Crippen LogP contribution in [0.1, 0.15) is 43.2 Å². The number of methoxy groups -OCH3 is 1. The van der Waals surface area contributed by atoms with Crippen molar-refractivity contribution >= 4 is 16.7 Å². The lowest BCUT2D eigenvalue weighted by molar-refractivity contribution is -0.287. The third-order valence-electron chi connectivity index (χ3n) is 7.08. The molecule has 0 fully saturated rings. The van der Waals surface area contributed by atoms with Gasteiger partial charge in [-0.3, -0.25) is 14.0 Å². The molecular formula is C30H42N4O8S. The van der Waals surface area contributed by atoms with Crippen molar-refractivity contribution in [3.05, 3.63) is 71.0 Å². The molecule has 2 N–H and O–H groups in total. The summed E-state index contributed by atoms with van der Waals surface area (Å²) < 4.78 is 42.2. The highest BCUT2D eigenvalue weighted by atomic mass is 32.3. The van der Waals surface area contributed by atoms with Gasteiger partial charge >= 0.3 is 5.97 Å². The third kappa shape index (κ3) is 8.76. The molecule has 236 valence electrons. The van der Waals surface area contributed by atoms with Crippen molar-refractivity contribution in [2.75, 3.05) is 33.5 Å². The molecule has 13 heteroatoms. The van der Waals surface area contributed by atoms with Gasteiger partial charge in [0.1, 0.15) is 29.0 Å². The predicted molar refractivity (Wildman–Crippen MR) is 160 cm³/mol. The normalized spacial score (nSPS) is 17.5. The molecule has 0 radical (unpaired) electrons. The predicted octanol–water partition coefficient (Wildman–Crippen LogP) is 4.80. The summed E-state index contributed by atoms with van der Waals surface area (Å²) in [7, 11) is -1.65. The molecule has 0 amide bonds. The van der Waals surface area contributed by atoms with Crippen LogP contribution in [0, 0.1) is 12.3 Å². The summed E-state index contributed by atoms with van der Waals surface area (Å²) in [6.45, 7) is 10.1. The molecule has 4 rings (SSSR count). The Hall–Kier alpha value is -3.04. The third-order valence-corrected chi connectivity index (χ3v) is 9.00. The molecule has 1 unspecified atom stereocenters. The zero-order valence-corrected chi connectivity index (χ0v) is 26.2. The Morgan fingerprint density at radius 2 is 1.95 bits per heavy atom. The van der Waals surface area contributed by atoms with Crippen LogP contribution in [0.2, 0.25) is 0 Å². The Morgan fingerprint density at radius 3 is 2.74 bits per heavy atom. The number of nitrogens with zero attached hydrogens (tertiary/aromatic N) is 4. The van der Waals surface area contributed by atoms with E-state index >= 15 is 0 Å². The number of hydrogen-bond acceptors (Lipinski definition) is 11. The maximum Gasteiger partial charge on any atom is 0.348 e. The number of benzene rings is 2. The van der Waals surface area contributed by atoms with Gasteiger partial charge in [0.2, 0.25) is 0 Å². The lowest BCUT2D eigenvalue weighted by Crippen LogP contribution is -2.33. The van der Waals surface area contributed by atoms with Crippen molar-refractivity contribution in [2.24, 2.45) is 5.41 Å². The van der Waals surface area contributed by atoms with Crippen LogP contribution in [0.4, 0.5) is 0 Å². The van der Waals surface area contributed by atoms with Gasteiger partial charge in [0.15, 0.2) is 0 Å². The summed E-state index contributed by atoms with van der Waals surface area (Å²) >= 11 is 0. The monoisotopic (exact) mass is 618 g/mol. The van der Waals surface area contributed by atoms with Crippen molar-refractivity contribution in [2.45, 2.75) is 64.8 Å². The molecule has 1 aliphatic rings. The number of carbonyl (C=O) groups excluding carboxylic acids is 1. The summed E-state index contributed by atoms with van der Waals surface area (Å²) in [5.74, 6) is -0.0313. The molecule has 0 aliphatic carbocycles. The first-order valence-corrected chi connectivity index (χ1v) is 15.7. The number of rotatable bonds is 14. The zero-order chi connectivity index (χ0) is 31.0. The second-order valence-corrected chi connectivity index (χ2v) is 13.2. The summed E-state index contributed by atoms with van der Waals surface area (Å²) in [6, 6.07) is 13.0. The summed E-state index contributed by atoms with van der Waals surface area (Å²) in [5, 5.41) is 8.05. The second-order valence-electron chi connectivity index (χ2n) is 11.2. The number of para-hydroxylation sites is 1. The number of fused-ring (bicyclic) bond motifs is 1. The smallest absolute Gasteiger partial charge is 0.348 e. The zero-order valence-electron chi connectivity index (χ0n) is 25.4. The van der Waals surface area contributed by atoms with Gasteiger partial charge in [0, 0.05) is 13.7 Å². The van der Waals surface area contributed by atoms with Crippen LogP contribution in [-0.4, -0.2) is 74.0 Å². The first-order chi connectivity index (χ1) is 20.5. The van der Waals surface area contributed by atoms with E-state index in [1.54, 1.807) is 54.3 Å². The molecule has 12 nitrogen and oxygen atoms in total. The van der Waals surface area contributed by atoms with E-state index in [2.05, 4.69) is 10.3 Å². The molecule has 0 saturated heterocycles. The van der Waals surface area contributed by atoms with Crippen LogP contribution in [0.15, 0.2) is 53.6 Å². The van der Waals surface area contributed by atoms with E-state index in [9.17, 15) is 13.9 Å². The number of carbonyl (C=O) groups is 1. The largest absolute Gasteiger partial charge is 0.487 e. The van der Waals surface area contributed by atoms with Crippen LogP contribution in [0.5, 0.6) is 5.75 Å². The molecule has 0 bridgehead atoms. The molecule has 1 atom stereocenters.